The van der Waals surface area contributed by atoms with Gasteiger partial charge in [-0.05, 0) is 50.6 Å². The highest BCUT2D eigenvalue weighted by molar-refractivity contribution is 5.73. The van der Waals surface area contributed by atoms with Crippen LogP contribution in [0, 0.1) is 11.8 Å². The minimum atomic E-state index is -0.147. The molecule has 3 heteroatoms. The molecule has 0 saturated carbocycles. The molecular formula is C11H20N2O. The van der Waals surface area contributed by atoms with E-state index >= 15 is 0 Å². The van der Waals surface area contributed by atoms with Gasteiger partial charge in [0.15, 0.2) is 0 Å². The van der Waals surface area contributed by atoms with E-state index in [9.17, 15) is 4.79 Å². The summed E-state index contributed by atoms with van der Waals surface area (Å²) < 4.78 is 0. The summed E-state index contributed by atoms with van der Waals surface area (Å²) in [4.78, 5) is 13.2. The molecule has 3 aliphatic heterocycles. The van der Waals surface area contributed by atoms with Crippen LogP contribution in [0.5, 0.6) is 0 Å². The predicted octanol–water partition coefficient (Wildman–Crippen LogP) is 0.984. The fraction of sp³-hybridized carbons (Fsp3) is 0.909. The van der Waals surface area contributed by atoms with Crippen molar-refractivity contribution >= 4 is 5.91 Å². The topological polar surface area (TPSA) is 46.3 Å². The van der Waals surface area contributed by atoms with Gasteiger partial charge in [0.05, 0.1) is 0 Å². The maximum atomic E-state index is 10.6. The fourth-order valence-corrected chi connectivity index (χ4v) is 2.95. The first-order chi connectivity index (χ1) is 6.75. The monoisotopic (exact) mass is 196 g/mol. The van der Waals surface area contributed by atoms with Gasteiger partial charge in [-0.2, -0.15) is 0 Å². The van der Waals surface area contributed by atoms with Crippen LogP contribution >= 0.6 is 0 Å². The first-order valence-corrected chi connectivity index (χ1v) is 5.76. The number of hydrogen-bond donors (Lipinski definition) is 1. The average molecular weight is 196 g/mol. The van der Waals surface area contributed by atoms with Gasteiger partial charge in [-0.3, -0.25) is 4.79 Å². The third-order valence-electron chi connectivity index (χ3n) is 3.79. The van der Waals surface area contributed by atoms with E-state index in [4.69, 9.17) is 5.73 Å². The summed E-state index contributed by atoms with van der Waals surface area (Å²) in [6.45, 7) is 3.87. The van der Waals surface area contributed by atoms with Crippen molar-refractivity contribution in [1.82, 2.24) is 4.90 Å². The van der Waals surface area contributed by atoms with E-state index in [-0.39, 0.29) is 5.91 Å². The predicted molar refractivity (Wildman–Crippen MR) is 55.7 cm³/mol. The van der Waals surface area contributed by atoms with E-state index in [2.05, 4.69) is 4.90 Å². The highest BCUT2D eigenvalue weighted by Crippen LogP contribution is 2.34. The molecule has 0 aromatic rings. The van der Waals surface area contributed by atoms with Crippen molar-refractivity contribution in [1.29, 1.82) is 0 Å². The van der Waals surface area contributed by atoms with E-state index in [1.165, 1.54) is 38.9 Å². The SMILES string of the molecule is NC(=O)CCCC1CN2CCC1CC2. The Morgan fingerprint density at radius 2 is 2.07 bits per heavy atom. The van der Waals surface area contributed by atoms with Crippen LogP contribution in [0.2, 0.25) is 0 Å². The molecule has 0 aliphatic carbocycles. The highest BCUT2D eigenvalue weighted by atomic mass is 16.1. The van der Waals surface area contributed by atoms with Gasteiger partial charge in [0, 0.05) is 13.0 Å². The molecule has 3 aliphatic rings. The van der Waals surface area contributed by atoms with Crippen LogP contribution in [0.1, 0.15) is 32.1 Å². The lowest BCUT2D eigenvalue weighted by molar-refractivity contribution is -0.118. The molecule has 3 saturated heterocycles. The zero-order valence-electron chi connectivity index (χ0n) is 8.74. The molecule has 0 aromatic carbocycles. The number of piperidine rings is 3. The molecule has 0 aromatic heterocycles. The quantitative estimate of drug-likeness (QED) is 0.728. The molecule has 0 radical (unpaired) electrons. The number of carbonyl (C=O) groups excluding carboxylic acids is 1. The Morgan fingerprint density at radius 1 is 1.36 bits per heavy atom. The number of primary amides is 1. The number of rotatable bonds is 4. The molecular weight excluding hydrogens is 176 g/mol. The average Bonchev–Trinajstić information content (AvgIpc) is 2.19. The summed E-state index contributed by atoms with van der Waals surface area (Å²) >= 11 is 0. The molecule has 1 amide bonds. The molecule has 14 heavy (non-hydrogen) atoms. The van der Waals surface area contributed by atoms with Crippen LogP contribution in [0.15, 0.2) is 0 Å². The van der Waals surface area contributed by atoms with Crippen LogP contribution in [0.3, 0.4) is 0 Å². The number of nitrogens with two attached hydrogens (primary N) is 1. The number of carbonyl (C=O) groups is 1. The number of hydrogen-bond acceptors (Lipinski definition) is 2. The molecule has 3 nitrogen and oxygen atoms in total. The van der Waals surface area contributed by atoms with Crippen molar-refractivity contribution in [2.45, 2.75) is 32.1 Å². The van der Waals surface area contributed by atoms with E-state index in [1.807, 2.05) is 0 Å². The minimum absolute atomic E-state index is 0.147. The van der Waals surface area contributed by atoms with Crippen LogP contribution in [0.4, 0.5) is 0 Å². The van der Waals surface area contributed by atoms with Gasteiger partial charge >= 0.3 is 0 Å². The number of amides is 1. The smallest absolute Gasteiger partial charge is 0.217 e. The Bertz CT molecular complexity index is 209. The largest absolute Gasteiger partial charge is 0.370 e. The van der Waals surface area contributed by atoms with Crippen molar-refractivity contribution in [3.05, 3.63) is 0 Å². The van der Waals surface area contributed by atoms with E-state index in [0.717, 1.165) is 18.3 Å². The normalized spacial score (nSPS) is 35.9. The third-order valence-corrected chi connectivity index (χ3v) is 3.79. The van der Waals surface area contributed by atoms with Crippen LogP contribution < -0.4 is 5.73 Å². The van der Waals surface area contributed by atoms with E-state index in [1.54, 1.807) is 0 Å². The van der Waals surface area contributed by atoms with E-state index < -0.39 is 0 Å². The molecule has 3 rings (SSSR count). The van der Waals surface area contributed by atoms with Gasteiger partial charge in [0.2, 0.25) is 5.91 Å². The van der Waals surface area contributed by atoms with Gasteiger partial charge in [-0.25, -0.2) is 0 Å². The van der Waals surface area contributed by atoms with Crippen molar-refractivity contribution in [3.63, 3.8) is 0 Å². The van der Waals surface area contributed by atoms with Gasteiger partial charge in [0.1, 0.15) is 0 Å². The van der Waals surface area contributed by atoms with Crippen LogP contribution in [-0.4, -0.2) is 30.4 Å². The highest BCUT2D eigenvalue weighted by Gasteiger charge is 2.33. The molecule has 2 bridgehead atoms. The van der Waals surface area contributed by atoms with Gasteiger partial charge in [-0.15, -0.1) is 0 Å². The Kier molecular flexibility index (Phi) is 3.06. The summed E-state index contributed by atoms with van der Waals surface area (Å²) in [5, 5.41) is 0. The number of fused-ring (bicyclic) bond motifs is 3. The molecule has 80 valence electrons. The fourth-order valence-electron chi connectivity index (χ4n) is 2.95. The maximum Gasteiger partial charge on any atom is 0.217 e. The van der Waals surface area contributed by atoms with E-state index in [0.29, 0.717) is 6.42 Å². The van der Waals surface area contributed by atoms with Crippen molar-refractivity contribution in [3.8, 4) is 0 Å². The first kappa shape index (κ1) is 9.97. The molecule has 0 spiro atoms. The zero-order valence-corrected chi connectivity index (χ0v) is 8.74. The first-order valence-electron chi connectivity index (χ1n) is 5.76. The van der Waals surface area contributed by atoms with Crippen LogP contribution in [-0.2, 0) is 4.79 Å². The van der Waals surface area contributed by atoms with Crippen LogP contribution in [0.25, 0.3) is 0 Å². The summed E-state index contributed by atoms with van der Waals surface area (Å²) in [6.07, 6.45) is 5.51. The Balaban J connectivity index is 1.73. The lowest BCUT2D eigenvalue weighted by atomic mass is 9.77. The minimum Gasteiger partial charge on any atom is -0.370 e. The lowest BCUT2D eigenvalue weighted by Gasteiger charge is -2.45. The van der Waals surface area contributed by atoms with Gasteiger partial charge in [0.25, 0.3) is 0 Å². The molecule has 1 unspecified atom stereocenters. The lowest BCUT2D eigenvalue weighted by Crippen LogP contribution is -2.47. The zero-order chi connectivity index (χ0) is 9.97. The second-order valence-electron chi connectivity index (χ2n) is 4.76. The second kappa shape index (κ2) is 4.30. The summed E-state index contributed by atoms with van der Waals surface area (Å²) in [6, 6.07) is 0. The Hall–Kier alpha value is -0.570. The third kappa shape index (κ3) is 2.27. The molecule has 3 heterocycles. The molecule has 3 fully saturated rings. The van der Waals surface area contributed by atoms with Crippen molar-refractivity contribution in [2.24, 2.45) is 17.6 Å². The maximum absolute atomic E-state index is 10.6. The van der Waals surface area contributed by atoms with Gasteiger partial charge in [-0.1, -0.05) is 0 Å². The Morgan fingerprint density at radius 3 is 2.57 bits per heavy atom. The van der Waals surface area contributed by atoms with Crippen molar-refractivity contribution in [2.75, 3.05) is 19.6 Å². The van der Waals surface area contributed by atoms with Gasteiger partial charge < -0.3 is 10.6 Å². The summed E-state index contributed by atoms with van der Waals surface area (Å²) in [7, 11) is 0. The summed E-state index contributed by atoms with van der Waals surface area (Å²) in [5.41, 5.74) is 5.13. The van der Waals surface area contributed by atoms with Crippen molar-refractivity contribution < 1.29 is 4.79 Å². The molecule has 1 atom stereocenters. The second-order valence-corrected chi connectivity index (χ2v) is 4.76. The standard InChI is InChI=1S/C11H20N2O/c12-11(14)3-1-2-10-8-13-6-4-9(10)5-7-13/h9-10H,1-8H2,(H2,12,14). The number of nitrogens with zero attached hydrogens (tertiary/aromatic N) is 1. The Labute approximate surface area is 85.6 Å². The summed E-state index contributed by atoms with van der Waals surface area (Å²) in [5.74, 6) is 1.64. The molecule has 2 N–H and O–H groups in total.